The molecule has 2 aromatic rings. The molecule has 164 valence electrons. The minimum atomic E-state index is -0.801. The predicted octanol–water partition coefficient (Wildman–Crippen LogP) is 2.92. The van der Waals surface area contributed by atoms with Gasteiger partial charge in [0, 0.05) is 39.0 Å². The van der Waals surface area contributed by atoms with E-state index in [0.29, 0.717) is 31.7 Å². The third-order valence-corrected chi connectivity index (χ3v) is 6.51. The number of hydrogen-bond acceptors (Lipinski definition) is 5. The molecule has 3 amide bonds. The molecule has 4 rings (SSSR count). The zero-order valence-corrected chi connectivity index (χ0v) is 18.2. The van der Waals surface area contributed by atoms with E-state index < -0.39 is 5.54 Å². The number of methoxy groups -OCH3 is 1. The average Bonchev–Trinajstić information content (AvgIpc) is 2.98. The summed E-state index contributed by atoms with van der Waals surface area (Å²) in [6.45, 7) is 4.93. The number of likely N-dealkylation sites (tertiary alicyclic amines) is 1. The number of carbonyl (C=O) groups excluding carboxylic acids is 2. The second-order valence-electron chi connectivity index (χ2n) is 8.44. The van der Waals surface area contributed by atoms with Crippen LogP contribution in [0, 0.1) is 0 Å². The third kappa shape index (κ3) is 4.20. The first-order valence-corrected chi connectivity index (χ1v) is 10.9. The molecule has 0 saturated carbocycles. The van der Waals surface area contributed by atoms with Gasteiger partial charge in [0.15, 0.2) is 0 Å². The van der Waals surface area contributed by atoms with Gasteiger partial charge in [-0.1, -0.05) is 36.4 Å². The van der Waals surface area contributed by atoms with Crippen LogP contribution in [-0.4, -0.2) is 70.0 Å². The molecule has 2 aliphatic heterocycles. The van der Waals surface area contributed by atoms with E-state index in [1.54, 1.807) is 18.2 Å². The number of benzene rings is 1. The summed E-state index contributed by atoms with van der Waals surface area (Å²) in [6, 6.07) is 15.5. The summed E-state index contributed by atoms with van der Waals surface area (Å²) < 4.78 is 5.31. The lowest BCUT2D eigenvalue weighted by atomic mass is 9.85. The number of rotatable bonds is 7. The van der Waals surface area contributed by atoms with Gasteiger partial charge in [-0.25, -0.2) is 4.79 Å². The Morgan fingerprint density at radius 1 is 1.03 bits per heavy atom. The van der Waals surface area contributed by atoms with Gasteiger partial charge in [-0.05, 0) is 37.5 Å². The molecule has 1 unspecified atom stereocenters. The van der Waals surface area contributed by atoms with E-state index in [4.69, 9.17) is 4.74 Å². The SMILES string of the molecule is COCC(C)N1CCC2(CC1)C(=O)N(Cc1ccccn1)C(=O)N2Cc1ccccc1. The van der Waals surface area contributed by atoms with E-state index in [1.165, 1.54) is 4.90 Å². The highest BCUT2D eigenvalue weighted by molar-refractivity contribution is 6.07. The Labute approximate surface area is 183 Å². The normalized spacial score (nSPS) is 19.9. The largest absolute Gasteiger partial charge is 0.383 e. The van der Waals surface area contributed by atoms with Gasteiger partial charge in [0.25, 0.3) is 5.91 Å². The van der Waals surface area contributed by atoms with Gasteiger partial charge in [-0.3, -0.25) is 19.6 Å². The van der Waals surface area contributed by atoms with Crippen LogP contribution in [0.1, 0.15) is 31.0 Å². The van der Waals surface area contributed by atoms with Gasteiger partial charge in [-0.2, -0.15) is 0 Å². The van der Waals surface area contributed by atoms with Crippen molar-refractivity contribution in [2.24, 2.45) is 0 Å². The van der Waals surface area contributed by atoms with Crippen molar-refractivity contribution in [1.29, 1.82) is 0 Å². The van der Waals surface area contributed by atoms with Crippen LogP contribution in [0.4, 0.5) is 4.79 Å². The highest BCUT2D eigenvalue weighted by Crippen LogP contribution is 2.39. The Kier molecular flexibility index (Phi) is 6.34. The maximum absolute atomic E-state index is 13.7. The maximum atomic E-state index is 13.7. The molecule has 2 aliphatic rings. The van der Waals surface area contributed by atoms with Gasteiger partial charge in [0.1, 0.15) is 5.54 Å². The van der Waals surface area contributed by atoms with Crippen LogP contribution in [0.5, 0.6) is 0 Å². The minimum absolute atomic E-state index is 0.0990. The Bertz CT molecular complexity index is 898. The third-order valence-electron chi connectivity index (χ3n) is 6.51. The molecule has 0 bridgehead atoms. The average molecular weight is 423 g/mol. The molecule has 2 fully saturated rings. The van der Waals surface area contributed by atoms with Crippen LogP contribution in [0.2, 0.25) is 0 Å². The van der Waals surface area contributed by atoms with Crippen LogP contribution in [-0.2, 0) is 22.6 Å². The van der Waals surface area contributed by atoms with Crippen LogP contribution in [0.25, 0.3) is 0 Å². The zero-order chi connectivity index (χ0) is 21.8. The number of urea groups is 1. The van der Waals surface area contributed by atoms with Gasteiger partial charge in [0.05, 0.1) is 18.8 Å². The Balaban J connectivity index is 1.60. The number of aromatic nitrogens is 1. The van der Waals surface area contributed by atoms with Gasteiger partial charge in [0.2, 0.25) is 0 Å². The monoisotopic (exact) mass is 422 g/mol. The van der Waals surface area contributed by atoms with Crippen molar-refractivity contribution in [1.82, 2.24) is 19.7 Å². The minimum Gasteiger partial charge on any atom is -0.383 e. The van der Waals surface area contributed by atoms with Crippen molar-refractivity contribution in [2.75, 3.05) is 26.8 Å². The van der Waals surface area contributed by atoms with Gasteiger partial charge < -0.3 is 9.64 Å². The first-order chi connectivity index (χ1) is 15.0. The molecular weight excluding hydrogens is 392 g/mol. The number of nitrogens with zero attached hydrogens (tertiary/aromatic N) is 4. The van der Waals surface area contributed by atoms with Crippen LogP contribution in [0.15, 0.2) is 54.7 Å². The topological polar surface area (TPSA) is 66.0 Å². The van der Waals surface area contributed by atoms with Gasteiger partial charge >= 0.3 is 6.03 Å². The summed E-state index contributed by atoms with van der Waals surface area (Å²) in [7, 11) is 1.71. The fourth-order valence-corrected chi connectivity index (χ4v) is 4.73. The summed E-state index contributed by atoms with van der Waals surface area (Å²) >= 11 is 0. The molecule has 0 radical (unpaired) electrons. The Morgan fingerprint density at radius 2 is 1.74 bits per heavy atom. The lowest BCUT2D eigenvalue weighted by Crippen LogP contribution is -2.57. The van der Waals surface area contributed by atoms with Gasteiger partial charge in [-0.15, -0.1) is 0 Å². The number of ether oxygens (including phenoxy) is 1. The summed E-state index contributed by atoms with van der Waals surface area (Å²) in [5.41, 5.74) is 0.940. The first-order valence-electron chi connectivity index (χ1n) is 10.9. The number of pyridine rings is 1. The van der Waals surface area contributed by atoms with Crippen molar-refractivity contribution in [3.63, 3.8) is 0 Å². The molecule has 1 aromatic heterocycles. The summed E-state index contributed by atoms with van der Waals surface area (Å²) in [5.74, 6) is -0.0990. The fraction of sp³-hybridized carbons (Fsp3) is 0.458. The van der Waals surface area contributed by atoms with E-state index in [-0.39, 0.29) is 24.5 Å². The van der Waals surface area contributed by atoms with Crippen molar-refractivity contribution >= 4 is 11.9 Å². The second-order valence-corrected chi connectivity index (χ2v) is 8.44. The summed E-state index contributed by atoms with van der Waals surface area (Å²) in [5, 5.41) is 0. The van der Waals surface area contributed by atoms with Crippen molar-refractivity contribution < 1.29 is 14.3 Å². The molecule has 1 atom stereocenters. The quantitative estimate of drug-likeness (QED) is 0.642. The number of imide groups is 1. The number of piperidine rings is 1. The predicted molar refractivity (Wildman–Crippen MR) is 117 cm³/mol. The highest BCUT2D eigenvalue weighted by atomic mass is 16.5. The Morgan fingerprint density at radius 3 is 2.39 bits per heavy atom. The lowest BCUT2D eigenvalue weighted by molar-refractivity contribution is -0.136. The van der Waals surface area contributed by atoms with E-state index in [2.05, 4.69) is 16.8 Å². The molecule has 7 nitrogen and oxygen atoms in total. The highest BCUT2D eigenvalue weighted by Gasteiger charge is 2.58. The fourth-order valence-electron chi connectivity index (χ4n) is 4.73. The molecule has 2 saturated heterocycles. The lowest BCUT2D eigenvalue weighted by Gasteiger charge is -2.44. The summed E-state index contributed by atoms with van der Waals surface area (Å²) in [4.78, 5) is 37.0. The molecule has 0 N–H and O–H groups in total. The standard InChI is InChI=1S/C24H30N4O3/c1-19(18-31-2)26-14-11-24(12-15-26)22(29)27(17-21-10-6-7-13-25-21)23(30)28(24)16-20-8-4-3-5-9-20/h3-10,13,19H,11-12,14-18H2,1-2H3. The van der Waals surface area contributed by atoms with Crippen LogP contribution < -0.4 is 0 Å². The second kappa shape index (κ2) is 9.16. The molecule has 31 heavy (non-hydrogen) atoms. The van der Waals surface area contributed by atoms with Crippen LogP contribution >= 0.6 is 0 Å². The smallest absolute Gasteiger partial charge is 0.328 e. The number of carbonyl (C=O) groups is 2. The molecular formula is C24H30N4O3. The van der Waals surface area contributed by atoms with E-state index >= 15 is 0 Å². The van der Waals surface area contributed by atoms with Crippen molar-refractivity contribution in [3.05, 3.63) is 66.0 Å². The maximum Gasteiger partial charge on any atom is 0.328 e. The van der Waals surface area contributed by atoms with Crippen molar-refractivity contribution in [2.45, 2.75) is 44.4 Å². The van der Waals surface area contributed by atoms with E-state index in [0.717, 1.165) is 18.7 Å². The van der Waals surface area contributed by atoms with E-state index in [1.807, 2.05) is 48.5 Å². The summed E-state index contributed by atoms with van der Waals surface area (Å²) in [6.07, 6.45) is 2.93. The molecule has 1 spiro atoms. The Hall–Kier alpha value is -2.77. The molecule has 0 aliphatic carbocycles. The number of amides is 3. The van der Waals surface area contributed by atoms with Crippen LogP contribution in [0.3, 0.4) is 0 Å². The van der Waals surface area contributed by atoms with E-state index in [9.17, 15) is 9.59 Å². The zero-order valence-electron chi connectivity index (χ0n) is 18.2. The molecule has 1 aromatic carbocycles. The molecule has 3 heterocycles. The first kappa shape index (κ1) is 21.5. The number of hydrogen-bond donors (Lipinski definition) is 0. The van der Waals surface area contributed by atoms with Crippen molar-refractivity contribution in [3.8, 4) is 0 Å². The molecule has 7 heteroatoms.